The maximum atomic E-state index is 9.30. The third kappa shape index (κ3) is 8.81. The summed E-state index contributed by atoms with van der Waals surface area (Å²) >= 11 is 0. The van der Waals surface area contributed by atoms with Crippen LogP contribution in [0.1, 0.15) is 64.4 Å². The van der Waals surface area contributed by atoms with Crippen LogP contribution in [0.25, 0.3) is 0 Å². The van der Waals surface area contributed by atoms with E-state index in [9.17, 15) is 5.11 Å². The van der Waals surface area contributed by atoms with E-state index in [1.54, 1.807) is 0 Å². The molecule has 1 aromatic heterocycles. The first kappa shape index (κ1) is 26.2. The summed E-state index contributed by atoms with van der Waals surface area (Å²) in [5.41, 5.74) is 3.66. The molecular weight excluding hydrogens is 453 g/mol. The number of rotatable bonds is 11. The van der Waals surface area contributed by atoms with Gasteiger partial charge in [-0.2, -0.15) is 5.10 Å². The number of aromatic nitrogens is 2. The van der Waals surface area contributed by atoms with Gasteiger partial charge < -0.3 is 15.7 Å². The van der Waals surface area contributed by atoms with E-state index in [0.29, 0.717) is 18.4 Å². The number of halogens is 1. The van der Waals surface area contributed by atoms with Crippen LogP contribution in [0.15, 0.2) is 4.99 Å². The Morgan fingerprint density at radius 1 is 1.19 bits per heavy atom. The Morgan fingerprint density at radius 3 is 2.41 bits per heavy atom. The van der Waals surface area contributed by atoms with E-state index < -0.39 is 0 Å². The second-order valence-corrected chi connectivity index (χ2v) is 7.29. The van der Waals surface area contributed by atoms with Gasteiger partial charge in [0.25, 0.3) is 0 Å². The van der Waals surface area contributed by atoms with Gasteiger partial charge in [0.15, 0.2) is 5.96 Å². The Labute approximate surface area is 182 Å². The van der Waals surface area contributed by atoms with Crippen LogP contribution < -0.4 is 10.6 Å². The van der Waals surface area contributed by atoms with Crippen LogP contribution in [0.2, 0.25) is 0 Å². The molecule has 0 aliphatic heterocycles. The van der Waals surface area contributed by atoms with Crippen LogP contribution in [0, 0.1) is 11.8 Å². The standard InChI is InChI=1S/C20H39N5O.HI/c1-7-18-17(19(8-2)25(6)24-18)14-23-20(21-9-3)22-13-16(10-11-26)12-15(4)5;/h15-16,26H,7-14H2,1-6H3,(H2,21,22,23);1H. The molecule has 3 N–H and O–H groups in total. The quantitative estimate of drug-likeness (QED) is 0.251. The second-order valence-electron chi connectivity index (χ2n) is 7.29. The number of aliphatic hydroxyl groups is 1. The highest BCUT2D eigenvalue weighted by molar-refractivity contribution is 14.0. The normalized spacial score (nSPS) is 12.8. The van der Waals surface area contributed by atoms with Gasteiger partial charge in [0.05, 0.1) is 12.2 Å². The first-order valence-electron chi connectivity index (χ1n) is 10.1. The van der Waals surface area contributed by atoms with Gasteiger partial charge in [0.1, 0.15) is 0 Å². The van der Waals surface area contributed by atoms with Crippen molar-refractivity contribution in [3.05, 3.63) is 17.0 Å². The third-order valence-electron chi connectivity index (χ3n) is 4.67. The molecule has 1 unspecified atom stereocenters. The smallest absolute Gasteiger partial charge is 0.191 e. The first-order valence-corrected chi connectivity index (χ1v) is 10.1. The van der Waals surface area contributed by atoms with Gasteiger partial charge in [-0.3, -0.25) is 4.68 Å². The van der Waals surface area contributed by atoms with Crippen molar-refractivity contribution >= 4 is 29.9 Å². The monoisotopic (exact) mass is 493 g/mol. The van der Waals surface area contributed by atoms with E-state index in [2.05, 4.69) is 50.4 Å². The highest BCUT2D eigenvalue weighted by atomic mass is 127. The van der Waals surface area contributed by atoms with Gasteiger partial charge in [0, 0.05) is 38.0 Å². The molecule has 7 heteroatoms. The van der Waals surface area contributed by atoms with Crippen molar-refractivity contribution in [2.24, 2.45) is 23.9 Å². The van der Waals surface area contributed by atoms with Crippen LogP contribution in [0.4, 0.5) is 0 Å². The summed E-state index contributed by atoms with van der Waals surface area (Å²) in [6, 6.07) is 0. The number of guanidine groups is 1. The summed E-state index contributed by atoms with van der Waals surface area (Å²) in [4.78, 5) is 4.80. The Bertz CT molecular complexity index is 557. The van der Waals surface area contributed by atoms with E-state index >= 15 is 0 Å². The van der Waals surface area contributed by atoms with Crippen molar-refractivity contribution in [2.75, 3.05) is 19.7 Å². The zero-order valence-corrected chi connectivity index (χ0v) is 20.3. The minimum Gasteiger partial charge on any atom is -0.396 e. The predicted molar refractivity (Wildman–Crippen MR) is 125 cm³/mol. The fourth-order valence-electron chi connectivity index (χ4n) is 3.47. The molecule has 0 saturated heterocycles. The molecule has 0 saturated carbocycles. The average Bonchev–Trinajstić information content (AvgIpc) is 2.91. The summed E-state index contributed by atoms with van der Waals surface area (Å²) in [7, 11) is 2.01. The minimum atomic E-state index is 0. The van der Waals surface area contributed by atoms with E-state index in [4.69, 9.17) is 4.99 Å². The topological polar surface area (TPSA) is 74.5 Å². The van der Waals surface area contributed by atoms with Crippen molar-refractivity contribution in [2.45, 2.75) is 66.8 Å². The first-order chi connectivity index (χ1) is 12.5. The molecule has 158 valence electrons. The largest absolute Gasteiger partial charge is 0.396 e. The van der Waals surface area contributed by atoms with Crippen LogP contribution in [-0.4, -0.2) is 40.5 Å². The molecule has 1 atom stereocenters. The number of nitrogens with one attached hydrogen (secondary N) is 2. The molecule has 0 radical (unpaired) electrons. The SMILES string of the molecule is CCNC(=NCc1c(CC)nn(C)c1CC)NCC(CCO)CC(C)C.I. The van der Waals surface area contributed by atoms with Gasteiger partial charge in [-0.1, -0.05) is 27.7 Å². The van der Waals surface area contributed by atoms with Crippen molar-refractivity contribution in [1.29, 1.82) is 0 Å². The van der Waals surface area contributed by atoms with Crippen molar-refractivity contribution in [3.63, 3.8) is 0 Å². The number of hydrogen-bond acceptors (Lipinski definition) is 3. The van der Waals surface area contributed by atoms with Gasteiger partial charge in [-0.15, -0.1) is 24.0 Å². The molecule has 0 spiro atoms. The van der Waals surface area contributed by atoms with Crippen molar-refractivity contribution in [1.82, 2.24) is 20.4 Å². The van der Waals surface area contributed by atoms with E-state index in [-0.39, 0.29) is 30.6 Å². The lowest BCUT2D eigenvalue weighted by atomic mass is 9.94. The number of aryl methyl sites for hydroxylation is 2. The molecule has 6 nitrogen and oxygen atoms in total. The zero-order chi connectivity index (χ0) is 19.5. The molecule has 1 aromatic rings. The van der Waals surface area contributed by atoms with Crippen molar-refractivity contribution < 1.29 is 5.11 Å². The van der Waals surface area contributed by atoms with E-state index in [0.717, 1.165) is 50.4 Å². The Hall–Kier alpha value is -0.830. The Balaban J connectivity index is 0.00000676. The number of hydrogen-bond donors (Lipinski definition) is 3. The van der Waals surface area contributed by atoms with E-state index in [1.807, 2.05) is 11.7 Å². The van der Waals surface area contributed by atoms with Gasteiger partial charge in [-0.05, 0) is 44.4 Å². The molecule has 0 aliphatic carbocycles. The number of aliphatic imine (C=N–C) groups is 1. The maximum Gasteiger partial charge on any atom is 0.191 e. The van der Waals surface area contributed by atoms with Gasteiger partial charge in [0.2, 0.25) is 0 Å². The molecule has 0 fully saturated rings. The molecule has 0 aromatic carbocycles. The summed E-state index contributed by atoms with van der Waals surface area (Å²) in [5, 5.41) is 20.7. The molecule has 1 rings (SSSR count). The lowest BCUT2D eigenvalue weighted by molar-refractivity contribution is 0.243. The fourth-order valence-corrected chi connectivity index (χ4v) is 3.47. The molecule has 1 heterocycles. The Morgan fingerprint density at radius 2 is 1.89 bits per heavy atom. The van der Waals surface area contributed by atoms with Crippen molar-refractivity contribution in [3.8, 4) is 0 Å². The van der Waals surface area contributed by atoms with Gasteiger partial charge >= 0.3 is 0 Å². The van der Waals surface area contributed by atoms with Crippen LogP contribution in [0.5, 0.6) is 0 Å². The second kappa shape index (κ2) is 14.2. The summed E-state index contributed by atoms with van der Waals surface area (Å²) in [5.74, 6) is 1.93. The molecule has 0 aliphatic rings. The Kier molecular flexibility index (Phi) is 13.8. The zero-order valence-electron chi connectivity index (χ0n) is 18.0. The molecule has 0 bridgehead atoms. The molecule has 27 heavy (non-hydrogen) atoms. The van der Waals surface area contributed by atoms with Crippen LogP contribution in [0.3, 0.4) is 0 Å². The summed E-state index contributed by atoms with van der Waals surface area (Å²) in [6.45, 7) is 13.4. The molecular formula is C20H40IN5O. The predicted octanol–water partition coefficient (Wildman–Crippen LogP) is 3.26. The third-order valence-corrected chi connectivity index (χ3v) is 4.67. The number of aliphatic hydroxyl groups excluding tert-OH is 1. The lowest BCUT2D eigenvalue weighted by Gasteiger charge is -2.20. The molecule has 0 amide bonds. The minimum absolute atomic E-state index is 0. The highest BCUT2D eigenvalue weighted by Gasteiger charge is 2.14. The average molecular weight is 493 g/mol. The lowest BCUT2D eigenvalue weighted by Crippen LogP contribution is -2.40. The highest BCUT2D eigenvalue weighted by Crippen LogP contribution is 2.17. The fraction of sp³-hybridized carbons (Fsp3) is 0.800. The van der Waals surface area contributed by atoms with Crippen LogP contribution in [-0.2, 0) is 26.4 Å². The maximum absolute atomic E-state index is 9.30. The number of nitrogens with zero attached hydrogens (tertiary/aromatic N) is 3. The summed E-state index contributed by atoms with van der Waals surface area (Å²) in [6.07, 6.45) is 3.82. The van der Waals surface area contributed by atoms with Gasteiger partial charge in [-0.25, -0.2) is 4.99 Å². The van der Waals surface area contributed by atoms with Crippen LogP contribution >= 0.6 is 24.0 Å². The summed E-state index contributed by atoms with van der Waals surface area (Å²) < 4.78 is 1.99. The van der Waals surface area contributed by atoms with E-state index in [1.165, 1.54) is 11.3 Å².